The van der Waals surface area contributed by atoms with Crippen molar-refractivity contribution >= 4 is 11.6 Å². The van der Waals surface area contributed by atoms with Crippen LogP contribution in [0.2, 0.25) is 0 Å². The van der Waals surface area contributed by atoms with Gasteiger partial charge in [-0.1, -0.05) is 12.1 Å². The smallest absolute Gasteiger partial charge is 0.224 e. The van der Waals surface area contributed by atoms with Gasteiger partial charge in [0.25, 0.3) is 0 Å². The topological polar surface area (TPSA) is 54.3 Å². The largest absolute Gasteiger partial charge is 0.392 e. The monoisotopic (exact) mass is 272 g/mol. The number of hydrogen-bond donors (Lipinski definition) is 2. The molecule has 1 aromatic heterocycles. The molecule has 4 heteroatoms. The lowest BCUT2D eigenvalue weighted by Crippen LogP contribution is -2.13. The summed E-state index contributed by atoms with van der Waals surface area (Å²) in [5.74, 6) is 0.00958. The maximum atomic E-state index is 11.9. The molecule has 0 fully saturated rings. The van der Waals surface area contributed by atoms with E-state index in [9.17, 15) is 4.79 Å². The minimum Gasteiger partial charge on any atom is -0.392 e. The first-order valence-electron chi connectivity index (χ1n) is 6.80. The summed E-state index contributed by atoms with van der Waals surface area (Å²) in [6.07, 6.45) is 5.28. The molecule has 0 aliphatic carbocycles. The summed E-state index contributed by atoms with van der Waals surface area (Å²) in [6, 6.07) is 9.53. The Kier molecular flexibility index (Phi) is 4.96. The Labute approximate surface area is 119 Å². The third kappa shape index (κ3) is 3.96. The molecule has 0 radical (unpaired) electrons. The van der Waals surface area contributed by atoms with Crippen LogP contribution in [0.4, 0.5) is 5.69 Å². The highest BCUT2D eigenvalue weighted by atomic mass is 16.3. The van der Waals surface area contributed by atoms with Gasteiger partial charge in [-0.2, -0.15) is 0 Å². The number of rotatable bonds is 6. The fourth-order valence-electron chi connectivity index (χ4n) is 2.06. The van der Waals surface area contributed by atoms with Crippen molar-refractivity contribution < 1.29 is 9.90 Å². The molecule has 0 spiro atoms. The number of benzene rings is 1. The molecule has 0 saturated carbocycles. The lowest BCUT2D eigenvalue weighted by molar-refractivity contribution is -0.116. The number of amides is 1. The zero-order valence-corrected chi connectivity index (χ0v) is 11.7. The third-order valence-corrected chi connectivity index (χ3v) is 3.24. The molecule has 0 atom stereocenters. The van der Waals surface area contributed by atoms with E-state index in [1.165, 1.54) is 0 Å². The number of aryl methyl sites for hydroxylation is 2. The highest BCUT2D eigenvalue weighted by Gasteiger charge is 2.05. The van der Waals surface area contributed by atoms with Crippen LogP contribution in [-0.4, -0.2) is 15.6 Å². The summed E-state index contributed by atoms with van der Waals surface area (Å²) < 4.78 is 2.06. The molecule has 1 heterocycles. The van der Waals surface area contributed by atoms with Crippen molar-refractivity contribution in [2.24, 2.45) is 0 Å². The van der Waals surface area contributed by atoms with Crippen LogP contribution < -0.4 is 5.32 Å². The number of aromatic nitrogens is 1. The lowest BCUT2D eigenvalue weighted by Gasteiger charge is -2.10. The van der Waals surface area contributed by atoms with Crippen LogP contribution in [0.3, 0.4) is 0 Å². The molecule has 0 aliphatic rings. The molecule has 20 heavy (non-hydrogen) atoms. The van der Waals surface area contributed by atoms with Crippen molar-refractivity contribution in [1.29, 1.82) is 0 Å². The van der Waals surface area contributed by atoms with Gasteiger partial charge in [0, 0.05) is 31.0 Å². The number of hydrogen-bond acceptors (Lipinski definition) is 2. The molecule has 0 aliphatic heterocycles. The van der Waals surface area contributed by atoms with E-state index in [2.05, 4.69) is 9.88 Å². The first kappa shape index (κ1) is 14.3. The molecule has 0 bridgehead atoms. The predicted octanol–water partition coefficient (Wildman–Crippen LogP) is 2.71. The minimum atomic E-state index is -0.0171. The Balaban J connectivity index is 1.84. The summed E-state index contributed by atoms with van der Waals surface area (Å²) in [6.45, 7) is 2.77. The van der Waals surface area contributed by atoms with Crippen LogP contribution in [0.1, 0.15) is 24.0 Å². The molecular weight excluding hydrogens is 252 g/mol. The highest BCUT2D eigenvalue weighted by Crippen LogP contribution is 2.17. The first-order valence-corrected chi connectivity index (χ1v) is 6.80. The fraction of sp³-hybridized carbons (Fsp3) is 0.312. The van der Waals surface area contributed by atoms with Gasteiger partial charge in [0.15, 0.2) is 0 Å². The van der Waals surface area contributed by atoms with Crippen LogP contribution in [0.25, 0.3) is 0 Å². The van der Waals surface area contributed by atoms with E-state index in [0.717, 1.165) is 29.8 Å². The minimum absolute atomic E-state index is 0.00958. The van der Waals surface area contributed by atoms with Crippen LogP contribution >= 0.6 is 0 Å². The van der Waals surface area contributed by atoms with E-state index >= 15 is 0 Å². The van der Waals surface area contributed by atoms with Crippen molar-refractivity contribution in [1.82, 2.24) is 4.57 Å². The van der Waals surface area contributed by atoms with Crippen LogP contribution in [-0.2, 0) is 17.9 Å². The molecule has 2 N–H and O–H groups in total. The van der Waals surface area contributed by atoms with Gasteiger partial charge < -0.3 is 15.0 Å². The van der Waals surface area contributed by atoms with Crippen LogP contribution in [0.15, 0.2) is 42.7 Å². The first-order chi connectivity index (χ1) is 9.69. The Bertz CT molecular complexity index is 562. The number of carbonyl (C=O) groups is 1. The van der Waals surface area contributed by atoms with Crippen molar-refractivity contribution in [2.75, 3.05) is 5.32 Å². The summed E-state index contributed by atoms with van der Waals surface area (Å²) in [4.78, 5) is 11.9. The van der Waals surface area contributed by atoms with Gasteiger partial charge in [0.1, 0.15) is 0 Å². The maximum Gasteiger partial charge on any atom is 0.224 e. The van der Waals surface area contributed by atoms with Gasteiger partial charge in [-0.3, -0.25) is 4.79 Å². The van der Waals surface area contributed by atoms with Gasteiger partial charge in [0.05, 0.1) is 6.61 Å². The van der Waals surface area contributed by atoms with Gasteiger partial charge in [-0.25, -0.2) is 0 Å². The van der Waals surface area contributed by atoms with E-state index in [1.807, 2.05) is 49.6 Å². The number of carbonyl (C=O) groups excluding carboxylic acids is 1. The van der Waals surface area contributed by atoms with Gasteiger partial charge in [-0.15, -0.1) is 0 Å². The van der Waals surface area contributed by atoms with Crippen molar-refractivity contribution in [3.63, 3.8) is 0 Å². The molecule has 2 rings (SSSR count). The molecule has 2 aromatic rings. The third-order valence-electron chi connectivity index (χ3n) is 3.24. The van der Waals surface area contributed by atoms with Gasteiger partial charge >= 0.3 is 0 Å². The van der Waals surface area contributed by atoms with Crippen molar-refractivity contribution in [3.05, 3.63) is 53.9 Å². The van der Waals surface area contributed by atoms with Crippen LogP contribution in [0.5, 0.6) is 0 Å². The molecule has 1 aromatic carbocycles. The second-order valence-electron chi connectivity index (χ2n) is 4.88. The molecule has 0 unspecified atom stereocenters. The highest BCUT2D eigenvalue weighted by molar-refractivity contribution is 5.91. The van der Waals surface area contributed by atoms with Crippen molar-refractivity contribution in [3.8, 4) is 0 Å². The average Bonchev–Trinajstić information content (AvgIpc) is 2.94. The van der Waals surface area contributed by atoms with E-state index < -0.39 is 0 Å². The standard InChI is InChI=1S/C16H20N2O2/c1-13-6-7-14(12-19)11-15(13)17-16(20)5-4-10-18-8-2-3-9-18/h2-3,6-9,11,19H,4-5,10,12H2,1H3,(H,17,20). The van der Waals surface area contributed by atoms with E-state index in [-0.39, 0.29) is 12.5 Å². The number of nitrogens with zero attached hydrogens (tertiary/aromatic N) is 1. The zero-order chi connectivity index (χ0) is 14.4. The SMILES string of the molecule is Cc1ccc(CO)cc1NC(=O)CCCn1cccc1. The maximum absolute atomic E-state index is 11.9. The Morgan fingerprint density at radius 2 is 2.05 bits per heavy atom. The quantitative estimate of drug-likeness (QED) is 0.849. The number of aliphatic hydroxyl groups is 1. The molecule has 0 saturated heterocycles. The summed E-state index contributed by atoms with van der Waals surface area (Å²) in [5.41, 5.74) is 2.58. The Morgan fingerprint density at radius 1 is 1.30 bits per heavy atom. The lowest BCUT2D eigenvalue weighted by atomic mass is 10.1. The Morgan fingerprint density at radius 3 is 2.75 bits per heavy atom. The van der Waals surface area contributed by atoms with E-state index in [1.54, 1.807) is 0 Å². The molecular formula is C16H20N2O2. The molecule has 1 amide bonds. The second-order valence-corrected chi connectivity index (χ2v) is 4.88. The fourth-order valence-corrected chi connectivity index (χ4v) is 2.06. The zero-order valence-electron chi connectivity index (χ0n) is 11.7. The average molecular weight is 272 g/mol. The van der Waals surface area contributed by atoms with Crippen LogP contribution in [0, 0.1) is 6.92 Å². The summed E-state index contributed by atoms with van der Waals surface area (Å²) in [7, 11) is 0. The number of aliphatic hydroxyl groups excluding tert-OH is 1. The number of anilines is 1. The second kappa shape index (κ2) is 6.91. The number of nitrogens with one attached hydrogen (secondary N) is 1. The van der Waals surface area contributed by atoms with Gasteiger partial charge in [0.2, 0.25) is 5.91 Å². The summed E-state index contributed by atoms with van der Waals surface area (Å²) >= 11 is 0. The molecule has 106 valence electrons. The van der Waals surface area contributed by atoms with E-state index in [4.69, 9.17) is 5.11 Å². The predicted molar refractivity (Wildman–Crippen MR) is 79.4 cm³/mol. The summed E-state index contributed by atoms with van der Waals surface area (Å²) in [5, 5.41) is 12.0. The Hall–Kier alpha value is -2.07. The van der Waals surface area contributed by atoms with E-state index in [0.29, 0.717) is 6.42 Å². The normalized spacial score (nSPS) is 10.5. The van der Waals surface area contributed by atoms with Crippen molar-refractivity contribution in [2.45, 2.75) is 32.9 Å². The van der Waals surface area contributed by atoms with Gasteiger partial charge in [-0.05, 0) is 42.7 Å². The molecule has 4 nitrogen and oxygen atoms in total.